The fourth-order valence-electron chi connectivity index (χ4n) is 11.2. The molecule has 2 atom stereocenters. The minimum atomic E-state index is -4.40. The zero-order valence-corrected chi connectivity index (χ0v) is 61.9. The summed E-state index contributed by atoms with van der Waals surface area (Å²) in [6.07, 6.45) is 101. The fraction of sp³-hybridized carbons (Fsp3) is 0.780. The van der Waals surface area contributed by atoms with Crippen LogP contribution in [0.3, 0.4) is 0 Å². The Balaban J connectivity index is 3.98. The summed E-state index contributed by atoms with van der Waals surface area (Å²) < 4.78 is 34.8. The van der Waals surface area contributed by atoms with Crippen molar-refractivity contribution in [2.75, 3.05) is 47.5 Å². The third-order valence-electron chi connectivity index (χ3n) is 17.1. The van der Waals surface area contributed by atoms with E-state index in [0.717, 1.165) is 83.5 Å². The summed E-state index contributed by atoms with van der Waals surface area (Å²) >= 11 is 0. The minimum Gasteiger partial charge on any atom is -0.462 e. The van der Waals surface area contributed by atoms with Gasteiger partial charge in [0.2, 0.25) is 0 Å². The molecule has 0 spiro atoms. The topological polar surface area (TPSA) is 108 Å². The standard InChI is InChI=1S/C82H148NO8P/c1-6-8-10-12-14-16-18-20-22-24-26-28-30-32-34-36-38-40-41-43-45-47-49-51-53-55-57-59-61-63-65-67-69-71-73-75-82(85)91-80(79-90-92(86,87)89-77-76-83(3,4)5)78-88-81(84)74-72-70-68-66-64-62-60-58-56-54-52-50-48-46-44-42-39-37-35-33-31-29-27-25-23-21-19-17-15-13-11-9-7-2/h8,10,14,16,20,22,25-28,32,34,38,40,43,45,80H,6-7,9,11-13,15,17-19,21,23-24,29-31,33,35-37,39,41-42,44,46-79H2,1-5H3/p+1/b10-8-,16-14-,22-20-,27-25-,28-26-,34-32-,40-38-,45-43-. The Bertz CT molecular complexity index is 1880. The second-order valence-corrected chi connectivity index (χ2v) is 28.8. The van der Waals surface area contributed by atoms with Gasteiger partial charge in [0, 0.05) is 12.8 Å². The van der Waals surface area contributed by atoms with Crippen molar-refractivity contribution in [2.45, 2.75) is 367 Å². The number of hydrogen-bond acceptors (Lipinski definition) is 7. The average molecular weight is 1310 g/mol. The fourth-order valence-corrected chi connectivity index (χ4v) is 11.9. The number of ether oxygens (including phenoxy) is 2. The number of nitrogens with zero attached hydrogens (tertiary/aromatic N) is 1. The van der Waals surface area contributed by atoms with Crippen LogP contribution in [0.2, 0.25) is 0 Å². The van der Waals surface area contributed by atoms with E-state index >= 15 is 0 Å². The Morgan fingerprint density at radius 3 is 0.935 bits per heavy atom. The summed E-state index contributed by atoms with van der Waals surface area (Å²) in [5, 5.41) is 0. The van der Waals surface area contributed by atoms with Gasteiger partial charge in [0.1, 0.15) is 19.8 Å². The van der Waals surface area contributed by atoms with Crippen molar-refractivity contribution in [1.82, 2.24) is 0 Å². The van der Waals surface area contributed by atoms with Gasteiger partial charge in [-0.05, 0) is 96.3 Å². The van der Waals surface area contributed by atoms with Crippen LogP contribution in [0.5, 0.6) is 0 Å². The summed E-state index contributed by atoms with van der Waals surface area (Å²) in [4.78, 5) is 36.0. The number of carbonyl (C=O) groups excluding carboxylic acids is 2. The molecule has 0 aliphatic heterocycles. The second kappa shape index (κ2) is 72.2. The minimum absolute atomic E-state index is 0.0301. The van der Waals surface area contributed by atoms with Gasteiger partial charge in [-0.25, -0.2) is 4.57 Å². The maximum atomic E-state index is 12.9. The van der Waals surface area contributed by atoms with Crippen LogP contribution in [-0.4, -0.2) is 74.9 Å². The van der Waals surface area contributed by atoms with Crippen molar-refractivity contribution in [2.24, 2.45) is 0 Å². The molecule has 0 fully saturated rings. The molecule has 0 radical (unpaired) electrons. The SMILES string of the molecule is CC/C=C\C/C=C\C/C=C\C/C=C\C/C=C\C/C=C\C/C=C\CCCCCCCCCCCCCCCC(=O)OC(COC(=O)CCCCCCCCCCCCCCCCCCCCCCC/C=C\CCCCCCCCCC)COP(=O)(O)OCC[N+](C)(C)C. The van der Waals surface area contributed by atoms with Gasteiger partial charge in [0.25, 0.3) is 0 Å². The van der Waals surface area contributed by atoms with Crippen molar-refractivity contribution in [3.63, 3.8) is 0 Å². The first kappa shape index (κ1) is 88.9. The molecule has 0 saturated heterocycles. The number of quaternary nitrogens is 1. The van der Waals surface area contributed by atoms with E-state index in [1.807, 2.05) is 21.1 Å². The summed E-state index contributed by atoms with van der Waals surface area (Å²) in [6.45, 7) is 4.37. The van der Waals surface area contributed by atoms with E-state index in [0.29, 0.717) is 23.9 Å². The van der Waals surface area contributed by atoms with Crippen molar-refractivity contribution in [3.8, 4) is 0 Å². The molecule has 0 amide bonds. The van der Waals surface area contributed by atoms with E-state index in [4.69, 9.17) is 18.5 Å². The Labute approximate surface area is 570 Å². The molecule has 0 aromatic heterocycles. The molecule has 0 saturated carbocycles. The highest BCUT2D eigenvalue weighted by molar-refractivity contribution is 7.47. The molecule has 0 bridgehead atoms. The van der Waals surface area contributed by atoms with Crippen LogP contribution in [-0.2, 0) is 32.7 Å². The van der Waals surface area contributed by atoms with Crippen LogP contribution in [0.25, 0.3) is 0 Å². The number of likely N-dealkylation sites (N-methyl/N-ethyl adjacent to an activating group) is 1. The van der Waals surface area contributed by atoms with Crippen LogP contribution in [0, 0.1) is 0 Å². The van der Waals surface area contributed by atoms with Gasteiger partial charge in [0.05, 0.1) is 27.7 Å². The van der Waals surface area contributed by atoms with Crippen LogP contribution in [0.4, 0.5) is 0 Å². The van der Waals surface area contributed by atoms with Gasteiger partial charge in [-0.2, -0.15) is 0 Å². The maximum absolute atomic E-state index is 12.9. The number of unbranched alkanes of at least 4 members (excludes halogenated alkanes) is 42. The number of allylic oxidation sites excluding steroid dienone is 16. The first-order valence-electron chi connectivity index (χ1n) is 39.0. The lowest BCUT2D eigenvalue weighted by Gasteiger charge is -2.24. The monoisotopic (exact) mass is 1310 g/mol. The summed E-state index contributed by atoms with van der Waals surface area (Å²) in [5.41, 5.74) is 0. The Morgan fingerprint density at radius 1 is 0.348 bits per heavy atom. The van der Waals surface area contributed by atoms with Gasteiger partial charge in [0.15, 0.2) is 6.10 Å². The van der Waals surface area contributed by atoms with E-state index in [-0.39, 0.29) is 25.6 Å². The number of phosphoric acid groups is 1. The predicted octanol–water partition coefficient (Wildman–Crippen LogP) is 25.8. The molecular weight excluding hydrogens is 1160 g/mol. The zero-order valence-electron chi connectivity index (χ0n) is 61.0. The third-order valence-corrected chi connectivity index (χ3v) is 18.1. The van der Waals surface area contributed by atoms with E-state index in [2.05, 4.69) is 111 Å². The van der Waals surface area contributed by atoms with E-state index in [1.165, 1.54) is 244 Å². The molecule has 0 aromatic carbocycles. The summed E-state index contributed by atoms with van der Waals surface area (Å²) in [6, 6.07) is 0. The van der Waals surface area contributed by atoms with Gasteiger partial charge in [-0.15, -0.1) is 0 Å². The van der Waals surface area contributed by atoms with Gasteiger partial charge in [-0.1, -0.05) is 349 Å². The molecule has 0 aliphatic rings. The number of hydrogen-bond donors (Lipinski definition) is 1. The van der Waals surface area contributed by atoms with Crippen LogP contribution < -0.4 is 0 Å². The van der Waals surface area contributed by atoms with Crippen molar-refractivity contribution in [1.29, 1.82) is 0 Å². The van der Waals surface area contributed by atoms with Crippen molar-refractivity contribution < 1.29 is 42.1 Å². The van der Waals surface area contributed by atoms with Crippen molar-refractivity contribution in [3.05, 3.63) is 97.2 Å². The van der Waals surface area contributed by atoms with Gasteiger partial charge < -0.3 is 18.9 Å². The second-order valence-electron chi connectivity index (χ2n) is 27.4. The normalized spacial score (nSPS) is 13.6. The maximum Gasteiger partial charge on any atom is 0.472 e. The van der Waals surface area contributed by atoms with E-state index in [9.17, 15) is 19.0 Å². The van der Waals surface area contributed by atoms with Crippen LogP contribution in [0.15, 0.2) is 97.2 Å². The number of esters is 2. The molecule has 534 valence electrons. The predicted molar refractivity (Wildman–Crippen MR) is 399 cm³/mol. The first-order valence-corrected chi connectivity index (χ1v) is 40.5. The molecule has 1 N–H and O–H groups in total. The van der Waals surface area contributed by atoms with Crippen LogP contribution in [0.1, 0.15) is 361 Å². The largest absolute Gasteiger partial charge is 0.472 e. The lowest BCUT2D eigenvalue weighted by atomic mass is 10.0. The zero-order chi connectivity index (χ0) is 66.9. The van der Waals surface area contributed by atoms with E-state index in [1.54, 1.807) is 0 Å². The number of carbonyl (C=O) groups is 2. The molecule has 92 heavy (non-hydrogen) atoms. The Hall–Kier alpha value is -3.07. The smallest absolute Gasteiger partial charge is 0.462 e. The average Bonchev–Trinajstić information content (AvgIpc) is 2.14. The molecule has 2 unspecified atom stereocenters. The highest BCUT2D eigenvalue weighted by atomic mass is 31.2. The molecule has 0 aliphatic carbocycles. The lowest BCUT2D eigenvalue weighted by Crippen LogP contribution is -2.37. The first-order chi connectivity index (χ1) is 45.0. The van der Waals surface area contributed by atoms with E-state index < -0.39 is 26.5 Å². The van der Waals surface area contributed by atoms with Gasteiger partial charge >= 0.3 is 19.8 Å². The third kappa shape index (κ3) is 76.0. The highest BCUT2D eigenvalue weighted by Crippen LogP contribution is 2.43. The molecule has 9 nitrogen and oxygen atoms in total. The lowest BCUT2D eigenvalue weighted by molar-refractivity contribution is -0.870. The Morgan fingerprint density at radius 2 is 0.620 bits per heavy atom. The number of rotatable bonds is 72. The van der Waals surface area contributed by atoms with Crippen LogP contribution >= 0.6 is 7.82 Å². The molecular formula is C82H149NO8P+. The molecule has 0 rings (SSSR count). The highest BCUT2D eigenvalue weighted by Gasteiger charge is 2.27. The summed E-state index contributed by atoms with van der Waals surface area (Å²) in [7, 11) is 1.48. The molecule has 0 heterocycles. The quantitative estimate of drug-likeness (QED) is 0.0211. The van der Waals surface area contributed by atoms with Gasteiger partial charge in [-0.3, -0.25) is 18.6 Å². The summed E-state index contributed by atoms with van der Waals surface area (Å²) in [5.74, 6) is -0.786. The molecule has 0 aromatic rings. The number of phosphoric ester groups is 1. The Kier molecular flexibility index (Phi) is 69.8. The van der Waals surface area contributed by atoms with Crippen molar-refractivity contribution >= 4 is 19.8 Å². The molecule has 10 heteroatoms.